The Morgan fingerprint density at radius 3 is 2.47 bits per heavy atom. The average Bonchev–Trinajstić information content (AvgIpc) is 3.20. The number of aliphatic hydroxyl groups is 2. The van der Waals surface area contributed by atoms with E-state index in [-0.39, 0.29) is 55.1 Å². The number of aliphatic hydroxyl groups excluding tert-OH is 2. The number of Topliss-reactive ketones (excluding diaryl/α,β-unsaturated/α-hetero) is 1. The van der Waals surface area contributed by atoms with E-state index in [2.05, 4.69) is 16.1 Å². The van der Waals surface area contributed by atoms with Gasteiger partial charge in [0.1, 0.15) is 41.5 Å². The maximum absolute atomic E-state index is 14.3. The number of fused-ring (bicyclic) bond motifs is 2. The number of cyclic esters (lactones) is 1. The van der Waals surface area contributed by atoms with Crippen LogP contribution >= 0.6 is 0 Å². The first-order valence-corrected chi connectivity index (χ1v) is 19.7. The number of hydrazine groups is 1. The number of carbonyl (C=O) groups excluding carboxylic acids is 6. The van der Waals surface area contributed by atoms with E-state index in [9.17, 15) is 44.1 Å². The number of ketones is 1. The van der Waals surface area contributed by atoms with Crippen molar-refractivity contribution in [1.82, 2.24) is 26.1 Å². The topological polar surface area (TPSA) is 224 Å². The Hall–Kier alpha value is -5.58. The van der Waals surface area contributed by atoms with Crippen LogP contribution in [0.3, 0.4) is 0 Å². The molecule has 16 nitrogen and oxygen atoms in total. The molecule has 2 heterocycles. The van der Waals surface area contributed by atoms with Gasteiger partial charge in [-0.3, -0.25) is 33.8 Å². The fourth-order valence-electron chi connectivity index (χ4n) is 6.42. The van der Waals surface area contributed by atoms with Crippen LogP contribution in [0.1, 0.15) is 72.3 Å². The molecule has 0 saturated carbocycles. The molecule has 6 atom stereocenters. The predicted octanol–water partition coefficient (Wildman–Crippen LogP) is 3.18. The minimum Gasteiger partial charge on any atom is -0.508 e. The monoisotopic (exact) mass is 821 g/mol. The van der Waals surface area contributed by atoms with Crippen molar-refractivity contribution in [1.29, 1.82) is 0 Å². The summed E-state index contributed by atoms with van der Waals surface area (Å²) < 4.78 is 5.99. The lowest BCUT2D eigenvalue weighted by atomic mass is 9.89. The first-order chi connectivity index (χ1) is 27.9. The zero-order valence-corrected chi connectivity index (χ0v) is 34.8. The molecule has 16 heteroatoms. The van der Waals surface area contributed by atoms with E-state index in [1.54, 1.807) is 51.1 Å². The van der Waals surface area contributed by atoms with Gasteiger partial charge in [0.15, 0.2) is 0 Å². The second-order valence-corrected chi connectivity index (χ2v) is 15.1. The van der Waals surface area contributed by atoms with Gasteiger partial charge in [-0.25, -0.2) is 10.5 Å². The van der Waals surface area contributed by atoms with Crippen molar-refractivity contribution in [3.05, 3.63) is 89.3 Å². The Morgan fingerprint density at radius 1 is 1.08 bits per heavy atom. The third kappa shape index (κ3) is 14.6. The SMILES string of the molecule is CON(C)C(=O)/C=C/C=C(\C)[C@@H]1C/C=C/C=C/C(O)=C(\C)[C@@H](O)[C@@H](CCC(C)=O)C(=O)N[C@@H](C(C)C)C(=O)N[C@@H](Cc2cccc(O)c2)C(=O)N2CCCC(N2)C(=O)O1. The summed E-state index contributed by atoms with van der Waals surface area (Å²) in [4.78, 5) is 85.1. The lowest BCUT2D eigenvalue weighted by Crippen LogP contribution is -2.62. The number of phenols is 1. The molecule has 2 bridgehead atoms. The Kier molecular flexibility index (Phi) is 18.7. The van der Waals surface area contributed by atoms with Crippen molar-refractivity contribution in [3.8, 4) is 5.75 Å². The highest BCUT2D eigenvalue weighted by atomic mass is 16.7. The van der Waals surface area contributed by atoms with Gasteiger partial charge in [-0.1, -0.05) is 56.4 Å². The lowest BCUT2D eigenvalue weighted by Gasteiger charge is -2.36. The number of phenolic OH excluding ortho intramolecular Hbond substituents is 1. The largest absolute Gasteiger partial charge is 0.508 e. The minimum atomic E-state index is -1.55. The van der Waals surface area contributed by atoms with Crippen LogP contribution in [0.15, 0.2) is 83.7 Å². The van der Waals surface area contributed by atoms with Crippen molar-refractivity contribution in [2.45, 2.75) is 103 Å². The Morgan fingerprint density at radius 2 is 1.81 bits per heavy atom. The fraction of sp³-hybridized carbons (Fsp3) is 0.488. The maximum atomic E-state index is 14.3. The highest BCUT2D eigenvalue weighted by Gasteiger charge is 2.37. The normalized spacial score (nSPS) is 26.9. The van der Waals surface area contributed by atoms with Crippen molar-refractivity contribution in [2.75, 3.05) is 20.7 Å². The molecule has 1 fully saturated rings. The smallest absolute Gasteiger partial charge is 0.325 e. The van der Waals surface area contributed by atoms with Crippen LogP contribution < -0.4 is 16.1 Å². The molecule has 3 rings (SSSR count). The molecule has 1 saturated heterocycles. The average molecular weight is 822 g/mol. The number of nitrogens with zero attached hydrogens (tertiary/aromatic N) is 2. The number of hydrogen-bond acceptors (Lipinski definition) is 12. The second kappa shape index (κ2) is 23.1. The quantitative estimate of drug-likeness (QED) is 0.0867. The summed E-state index contributed by atoms with van der Waals surface area (Å²) in [7, 11) is 2.81. The van der Waals surface area contributed by atoms with Crippen LogP contribution in [0, 0.1) is 11.8 Å². The van der Waals surface area contributed by atoms with Gasteiger partial charge in [-0.15, -0.1) is 0 Å². The van der Waals surface area contributed by atoms with Crippen molar-refractivity contribution in [2.24, 2.45) is 11.8 Å². The van der Waals surface area contributed by atoms with E-state index >= 15 is 0 Å². The third-order valence-electron chi connectivity index (χ3n) is 10.1. The molecule has 2 aliphatic heterocycles. The molecular formula is C43H59N5O11. The summed E-state index contributed by atoms with van der Waals surface area (Å²) in [6.45, 7) is 8.10. The molecule has 59 heavy (non-hydrogen) atoms. The number of aromatic hydroxyl groups is 1. The number of hydrogen-bond donors (Lipinski definition) is 6. The number of esters is 1. The molecule has 0 radical (unpaired) electrons. The van der Waals surface area contributed by atoms with E-state index in [0.29, 0.717) is 24.0 Å². The molecule has 1 unspecified atom stereocenters. The number of benzene rings is 1. The third-order valence-corrected chi connectivity index (χ3v) is 10.1. The van der Waals surface area contributed by atoms with E-state index < -0.39 is 71.8 Å². The number of amides is 4. The Balaban J connectivity index is 2.11. The number of likely N-dealkylation sites (N-methyl/N-ethyl adjacent to an activating group) is 1. The highest BCUT2D eigenvalue weighted by Crippen LogP contribution is 2.23. The predicted molar refractivity (Wildman–Crippen MR) is 219 cm³/mol. The number of nitrogens with one attached hydrogen (secondary N) is 3. The van der Waals surface area contributed by atoms with Crippen LogP contribution in [0.5, 0.6) is 5.75 Å². The fourth-order valence-corrected chi connectivity index (χ4v) is 6.42. The zero-order valence-electron chi connectivity index (χ0n) is 34.8. The van der Waals surface area contributed by atoms with Gasteiger partial charge in [0.25, 0.3) is 11.8 Å². The number of hydroxylamine groups is 2. The van der Waals surface area contributed by atoms with Gasteiger partial charge in [0.2, 0.25) is 11.8 Å². The van der Waals surface area contributed by atoms with Crippen molar-refractivity contribution >= 4 is 35.4 Å². The summed E-state index contributed by atoms with van der Waals surface area (Å²) in [5, 5.41) is 40.3. The molecule has 1 aromatic rings. The van der Waals surface area contributed by atoms with Gasteiger partial charge < -0.3 is 35.5 Å². The molecule has 0 spiro atoms. The molecule has 0 aromatic heterocycles. The van der Waals surface area contributed by atoms with Gasteiger partial charge in [-0.05, 0) is 80.9 Å². The first kappa shape index (κ1) is 47.8. The van der Waals surface area contributed by atoms with Crippen LogP contribution in [-0.4, -0.2) is 112 Å². The standard InChI is InChI=1S/C43H59N5O11/c1-26(2)38-41(55)44-34(25-30-15-12-16-31(50)24-30)42(56)48-23-13-17-33(46-48)43(57)59-36(27(3)14-11-20-37(52)47(6)58-7)19-10-8-9-18-35(51)29(5)39(53)32(40(54)45-38)22-21-28(4)49/h8-12,14-16,18,20,24,26,32-34,36,38-39,46,50-51,53H,13,17,19,21-23,25H2,1-7H3,(H,44,55)(H,45,54)/b10-8+,18-9+,20-11+,27-14+,35-29-/t32-,33?,34+,36+,38+,39-/m1/s1. The van der Waals surface area contributed by atoms with Crippen LogP contribution in [-0.2, 0) is 44.8 Å². The number of rotatable bonds is 10. The summed E-state index contributed by atoms with van der Waals surface area (Å²) in [6, 6.07) is 2.83. The molecule has 2 aliphatic rings. The van der Waals surface area contributed by atoms with Gasteiger partial charge in [0.05, 0.1) is 19.1 Å². The molecule has 6 N–H and O–H groups in total. The second-order valence-electron chi connectivity index (χ2n) is 15.1. The summed E-state index contributed by atoms with van der Waals surface area (Å²) in [6.07, 6.45) is 8.86. The Labute approximate surface area is 345 Å². The Bertz CT molecular complexity index is 1830. The lowest BCUT2D eigenvalue weighted by molar-refractivity contribution is -0.162. The summed E-state index contributed by atoms with van der Waals surface area (Å²) in [5.41, 5.74) is 4.13. The molecule has 322 valence electrons. The van der Waals surface area contributed by atoms with Crippen LogP contribution in [0.2, 0.25) is 0 Å². The van der Waals surface area contributed by atoms with Gasteiger partial charge in [-0.2, -0.15) is 0 Å². The van der Waals surface area contributed by atoms with Crippen molar-refractivity contribution < 1.29 is 53.7 Å². The van der Waals surface area contributed by atoms with Gasteiger partial charge in [0, 0.05) is 38.9 Å². The summed E-state index contributed by atoms with van der Waals surface area (Å²) >= 11 is 0. The molecule has 1 aromatic carbocycles. The first-order valence-electron chi connectivity index (χ1n) is 19.7. The van der Waals surface area contributed by atoms with E-state index in [1.165, 1.54) is 69.5 Å². The maximum Gasteiger partial charge on any atom is 0.325 e. The van der Waals surface area contributed by atoms with E-state index in [1.807, 2.05) is 0 Å². The van der Waals surface area contributed by atoms with Crippen LogP contribution in [0.4, 0.5) is 0 Å². The van der Waals surface area contributed by atoms with E-state index in [4.69, 9.17) is 9.57 Å². The van der Waals surface area contributed by atoms with Crippen molar-refractivity contribution in [3.63, 3.8) is 0 Å². The van der Waals surface area contributed by atoms with Crippen LogP contribution in [0.25, 0.3) is 0 Å². The number of carbonyl (C=O) groups is 6. The number of ether oxygens (including phenoxy) is 1. The molecule has 4 amide bonds. The number of allylic oxidation sites excluding steroid dienone is 5. The zero-order chi connectivity index (χ0) is 43.8. The minimum absolute atomic E-state index is 0.0435. The summed E-state index contributed by atoms with van der Waals surface area (Å²) in [5.74, 6) is -5.45. The molecule has 0 aliphatic carbocycles. The molecular weight excluding hydrogens is 762 g/mol. The highest BCUT2D eigenvalue weighted by molar-refractivity contribution is 5.93. The van der Waals surface area contributed by atoms with E-state index in [0.717, 1.165) is 5.06 Å². The van der Waals surface area contributed by atoms with Gasteiger partial charge >= 0.3 is 5.97 Å².